The molecule has 0 bridgehead atoms. The first-order valence-electron chi connectivity index (χ1n) is 16.4. The summed E-state index contributed by atoms with van der Waals surface area (Å²) in [4.78, 5) is 58.1. The fourth-order valence-electron chi connectivity index (χ4n) is 7.51. The van der Waals surface area contributed by atoms with E-state index >= 15 is 0 Å². The van der Waals surface area contributed by atoms with Crippen molar-refractivity contribution in [1.82, 2.24) is 25.8 Å². The first-order chi connectivity index (χ1) is 21.4. The number of rotatable bonds is 8. The number of fused-ring (bicyclic) bond motifs is 2. The summed E-state index contributed by atoms with van der Waals surface area (Å²) in [5.74, 6) is -1.02. The van der Waals surface area contributed by atoms with E-state index in [0.717, 1.165) is 30.7 Å². The number of hydrogen-bond donors (Lipinski definition) is 4. The van der Waals surface area contributed by atoms with Crippen molar-refractivity contribution in [3.8, 4) is 5.75 Å². The first-order valence-corrected chi connectivity index (χ1v) is 16.4. The monoisotopic (exact) mass is 627 g/mol. The molecule has 4 amide bonds. The fraction of sp³-hybridized carbons (Fsp3) is 0.697. The van der Waals surface area contributed by atoms with Crippen molar-refractivity contribution in [3.63, 3.8) is 0 Å². The van der Waals surface area contributed by atoms with Crippen LogP contribution in [0.15, 0.2) is 24.3 Å². The molecule has 4 aliphatic heterocycles. The number of hydrogen-bond acceptors (Lipinski definition) is 7. The molecule has 3 saturated heterocycles. The van der Waals surface area contributed by atoms with Crippen LogP contribution in [0.5, 0.6) is 5.75 Å². The molecule has 4 heterocycles. The van der Waals surface area contributed by atoms with Gasteiger partial charge >= 0.3 is 6.09 Å². The van der Waals surface area contributed by atoms with E-state index in [1.54, 1.807) is 11.8 Å². The smallest absolute Gasteiger partial charge is 0.404 e. The minimum absolute atomic E-state index is 0.164. The maximum atomic E-state index is 14.6. The van der Waals surface area contributed by atoms with Gasteiger partial charge in [-0.1, -0.05) is 45.9 Å². The van der Waals surface area contributed by atoms with Crippen LogP contribution in [0.3, 0.4) is 0 Å². The highest BCUT2D eigenvalue weighted by atomic mass is 16.5. The molecule has 3 fully saturated rings. The minimum atomic E-state index is -1.21. The van der Waals surface area contributed by atoms with Gasteiger partial charge in [-0.2, -0.15) is 0 Å². The van der Waals surface area contributed by atoms with E-state index in [2.05, 4.69) is 20.9 Å². The van der Waals surface area contributed by atoms with Crippen LogP contribution in [-0.2, 0) is 19.1 Å². The predicted octanol–water partition coefficient (Wildman–Crippen LogP) is 2.53. The maximum absolute atomic E-state index is 14.6. The summed E-state index contributed by atoms with van der Waals surface area (Å²) < 4.78 is 11.4. The summed E-state index contributed by atoms with van der Waals surface area (Å²) in [5.41, 5.74) is 0.382. The molecule has 12 heteroatoms. The van der Waals surface area contributed by atoms with Crippen LogP contribution in [0, 0.1) is 17.3 Å². The van der Waals surface area contributed by atoms with Crippen molar-refractivity contribution in [2.24, 2.45) is 17.3 Å². The van der Waals surface area contributed by atoms with E-state index < -0.39 is 41.5 Å². The zero-order valence-corrected chi connectivity index (χ0v) is 26.9. The SMILES string of the molecule is C[C@H](C(=O)N[C@H](C(=O)N1C[C@H]2CCCN2C[C@H]1C(=O)N[C@@H]1CCOc2ccccc21)C1CCOCC1)C(NC(=O)O)C(C)(C)C. The molecule has 5 rings (SSSR count). The Hall–Kier alpha value is -3.38. The molecule has 0 aliphatic carbocycles. The van der Waals surface area contributed by atoms with Crippen LogP contribution >= 0.6 is 0 Å². The van der Waals surface area contributed by atoms with Gasteiger partial charge in [0, 0.05) is 50.4 Å². The Kier molecular flexibility index (Phi) is 10.2. The second kappa shape index (κ2) is 13.9. The highest BCUT2D eigenvalue weighted by Gasteiger charge is 2.46. The molecular weight excluding hydrogens is 578 g/mol. The van der Waals surface area contributed by atoms with Crippen molar-refractivity contribution >= 4 is 23.8 Å². The zero-order chi connectivity index (χ0) is 32.3. The lowest BCUT2D eigenvalue weighted by Gasteiger charge is -2.45. The molecule has 0 aromatic heterocycles. The van der Waals surface area contributed by atoms with Crippen molar-refractivity contribution in [2.75, 3.05) is 39.5 Å². The molecule has 1 unspecified atom stereocenters. The van der Waals surface area contributed by atoms with Gasteiger partial charge in [-0.15, -0.1) is 0 Å². The number of carboxylic acid groups (broad SMARTS) is 1. The van der Waals surface area contributed by atoms with Crippen molar-refractivity contribution < 1.29 is 33.8 Å². The van der Waals surface area contributed by atoms with Gasteiger partial charge in [0.1, 0.15) is 17.8 Å². The molecule has 6 atom stereocenters. The van der Waals surface area contributed by atoms with Gasteiger partial charge in [0.05, 0.1) is 18.6 Å². The summed E-state index contributed by atoms with van der Waals surface area (Å²) >= 11 is 0. The van der Waals surface area contributed by atoms with Crippen LogP contribution < -0.4 is 20.7 Å². The quantitative estimate of drug-likeness (QED) is 0.344. The van der Waals surface area contributed by atoms with Crippen LogP contribution in [0.25, 0.3) is 0 Å². The Balaban J connectivity index is 1.39. The van der Waals surface area contributed by atoms with Crippen LogP contribution in [0.1, 0.15) is 71.4 Å². The molecule has 1 aromatic carbocycles. The van der Waals surface area contributed by atoms with E-state index in [-0.39, 0.29) is 29.8 Å². The van der Waals surface area contributed by atoms with E-state index in [1.165, 1.54) is 0 Å². The Morgan fingerprint density at radius 2 is 1.71 bits per heavy atom. The second-order valence-corrected chi connectivity index (χ2v) is 14.1. The molecule has 0 spiro atoms. The summed E-state index contributed by atoms with van der Waals surface area (Å²) in [6, 6.07) is 5.38. The fourth-order valence-corrected chi connectivity index (χ4v) is 7.51. The molecular formula is C33H49N5O7. The Labute approximate surface area is 265 Å². The molecule has 0 saturated carbocycles. The number of carbonyl (C=O) groups is 4. The van der Waals surface area contributed by atoms with Gasteiger partial charge in [0.15, 0.2) is 0 Å². The first kappa shape index (κ1) is 33.0. The van der Waals surface area contributed by atoms with Crippen LogP contribution in [0.2, 0.25) is 0 Å². The van der Waals surface area contributed by atoms with Gasteiger partial charge in [0.2, 0.25) is 17.7 Å². The third kappa shape index (κ3) is 7.54. The van der Waals surface area contributed by atoms with E-state index in [0.29, 0.717) is 52.2 Å². The number of piperazine rings is 1. The summed E-state index contributed by atoms with van der Waals surface area (Å²) in [6.07, 6.45) is 2.58. The van der Waals surface area contributed by atoms with Gasteiger partial charge in [-0.05, 0) is 49.6 Å². The van der Waals surface area contributed by atoms with Crippen LogP contribution in [-0.4, -0.2) is 102 Å². The molecule has 12 nitrogen and oxygen atoms in total. The number of nitrogens with zero attached hydrogens (tertiary/aromatic N) is 2. The molecule has 248 valence electrons. The van der Waals surface area contributed by atoms with E-state index in [4.69, 9.17) is 9.47 Å². The van der Waals surface area contributed by atoms with Crippen molar-refractivity contribution in [1.29, 1.82) is 0 Å². The molecule has 0 radical (unpaired) electrons. The number of amides is 4. The lowest BCUT2D eigenvalue weighted by molar-refractivity contribution is -0.150. The lowest BCUT2D eigenvalue weighted by Crippen LogP contribution is -2.66. The second-order valence-electron chi connectivity index (χ2n) is 14.1. The highest BCUT2D eigenvalue weighted by Crippen LogP contribution is 2.33. The Morgan fingerprint density at radius 1 is 0.978 bits per heavy atom. The number of benzene rings is 1. The zero-order valence-electron chi connectivity index (χ0n) is 26.9. The number of carbonyl (C=O) groups excluding carboxylic acids is 3. The van der Waals surface area contributed by atoms with Gasteiger partial charge in [-0.25, -0.2) is 4.79 Å². The van der Waals surface area contributed by atoms with Gasteiger partial charge < -0.3 is 35.4 Å². The summed E-state index contributed by atoms with van der Waals surface area (Å²) in [5, 5.41) is 18.3. The number of para-hydroxylation sites is 1. The largest absolute Gasteiger partial charge is 0.493 e. The topological polar surface area (TPSA) is 150 Å². The van der Waals surface area contributed by atoms with Crippen LogP contribution in [0.4, 0.5) is 4.79 Å². The minimum Gasteiger partial charge on any atom is -0.493 e. The maximum Gasteiger partial charge on any atom is 0.404 e. The summed E-state index contributed by atoms with van der Waals surface area (Å²) in [6.45, 7) is 10.5. The number of nitrogens with one attached hydrogen (secondary N) is 3. The Morgan fingerprint density at radius 3 is 2.42 bits per heavy atom. The van der Waals surface area contributed by atoms with Gasteiger partial charge in [0.25, 0.3) is 0 Å². The standard InChI is InChI=1S/C33H49N5O7/c1-20(28(33(2,3)4)36-32(42)43)29(39)35-27(21-11-15-44-16-12-21)31(41)38-18-22-8-7-14-37(22)19-25(38)30(40)34-24-13-17-45-26-10-6-5-9-23(24)26/h5-6,9-10,20-22,24-25,27-28,36H,7-8,11-19H2,1-4H3,(H,34,40)(H,35,39)(H,42,43)/t20-,22+,24+,25-,27-,28?/m0/s1. The number of ether oxygens (including phenoxy) is 2. The van der Waals surface area contributed by atoms with Crippen molar-refractivity contribution in [3.05, 3.63) is 29.8 Å². The molecule has 4 N–H and O–H groups in total. The molecule has 1 aromatic rings. The Bertz CT molecular complexity index is 1250. The van der Waals surface area contributed by atoms with Gasteiger partial charge in [-0.3, -0.25) is 19.3 Å². The summed E-state index contributed by atoms with van der Waals surface area (Å²) in [7, 11) is 0. The van der Waals surface area contributed by atoms with Crippen molar-refractivity contribution in [2.45, 2.75) is 90.0 Å². The molecule has 45 heavy (non-hydrogen) atoms. The predicted molar refractivity (Wildman–Crippen MR) is 167 cm³/mol. The average Bonchev–Trinajstić information content (AvgIpc) is 3.49. The normalized spacial score (nSPS) is 26.0. The highest BCUT2D eigenvalue weighted by molar-refractivity contribution is 5.93. The van der Waals surface area contributed by atoms with E-state index in [1.807, 2.05) is 45.0 Å². The third-order valence-electron chi connectivity index (χ3n) is 9.98. The molecule has 4 aliphatic rings. The van der Waals surface area contributed by atoms with E-state index in [9.17, 15) is 24.3 Å². The average molecular weight is 628 g/mol. The third-order valence-corrected chi connectivity index (χ3v) is 9.98. The lowest BCUT2D eigenvalue weighted by atomic mass is 9.79.